The minimum Gasteiger partial charge on any atom is -0.507 e. The van der Waals surface area contributed by atoms with E-state index in [9.17, 15) is 14.3 Å². The van der Waals surface area contributed by atoms with Crippen LogP contribution in [0.1, 0.15) is 29.6 Å². The molecule has 0 unspecified atom stereocenters. The van der Waals surface area contributed by atoms with E-state index < -0.39 is 11.7 Å². The van der Waals surface area contributed by atoms with Gasteiger partial charge < -0.3 is 15.2 Å². The number of halogens is 1. The van der Waals surface area contributed by atoms with E-state index >= 15 is 0 Å². The molecule has 1 saturated carbocycles. The van der Waals surface area contributed by atoms with Gasteiger partial charge in [0.2, 0.25) is 0 Å². The Kier molecular flexibility index (Phi) is 3.52. The molecule has 2 rings (SSSR count). The van der Waals surface area contributed by atoms with Gasteiger partial charge in [-0.05, 0) is 31.4 Å². The van der Waals surface area contributed by atoms with Crippen LogP contribution >= 0.6 is 0 Å². The Hall–Kier alpha value is -1.62. The Morgan fingerprint density at radius 2 is 2.28 bits per heavy atom. The smallest absolute Gasteiger partial charge is 0.258 e. The number of phenolic OH excluding ortho intramolecular Hbond substituents is 1. The molecule has 1 aromatic rings. The van der Waals surface area contributed by atoms with E-state index in [1.807, 2.05) is 0 Å². The number of nitrogens with one attached hydrogen (secondary N) is 1. The number of ether oxygens (including phenoxy) is 1. The average Bonchev–Trinajstić information content (AvgIpc) is 2.28. The van der Waals surface area contributed by atoms with E-state index in [1.165, 1.54) is 12.1 Å². The van der Waals surface area contributed by atoms with Crippen LogP contribution in [0.4, 0.5) is 4.39 Å². The van der Waals surface area contributed by atoms with Gasteiger partial charge in [-0.2, -0.15) is 0 Å². The second-order valence-corrected chi connectivity index (χ2v) is 4.56. The zero-order valence-corrected chi connectivity index (χ0v) is 10.2. The van der Waals surface area contributed by atoms with E-state index in [-0.39, 0.29) is 16.9 Å². The molecule has 1 aromatic carbocycles. The molecule has 2 N–H and O–H groups in total. The highest BCUT2D eigenvalue weighted by Crippen LogP contribution is 2.34. The number of hydrogen-bond acceptors (Lipinski definition) is 3. The number of hydrogen-bond donors (Lipinski definition) is 2. The zero-order chi connectivity index (χ0) is 13.2. The van der Waals surface area contributed by atoms with Gasteiger partial charge in [0, 0.05) is 13.7 Å². The van der Waals surface area contributed by atoms with Crippen molar-refractivity contribution in [3.8, 4) is 5.75 Å². The highest BCUT2D eigenvalue weighted by molar-refractivity contribution is 5.97. The van der Waals surface area contributed by atoms with Crippen LogP contribution in [0.25, 0.3) is 0 Å². The monoisotopic (exact) mass is 253 g/mol. The van der Waals surface area contributed by atoms with Crippen LogP contribution in [-0.2, 0) is 4.74 Å². The van der Waals surface area contributed by atoms with E-state index in [4.69, 9.17) is 4.74 Å². The van der Waals surface area contributed by atoms with Crippen LogP contribution in [0.2, 0.25) is 0 Å². The molecule has 0 aliphatic heterocycles. The Labute approximate surface area is 105 Å². The summed E-state index contributed by atoms with van der Waals surface area (Å²) in [6.07, 6.45) is 2.83. The van der Waals surface area contributed by atoms with Crippen molar-refractivity contribution in [3.63, 3.8) is 0 Å². The van der Waals surface area contributed by atoms with Crippen molar-refractivity contribution >= 4 is 5.91 Å². The van der Waals surface area contributed by atoms with Gasteiger partial charge in [0.25, 0.3) is 5.91 Å². The van der Waals surface area contributed by atoms with Gasteiger partial charge >= 0.3 is 0 Å². The Bertz CT molecular complexity index is 432. The quantitative estimate of drug-likeness (QED) is 0.860. The van der Waals surface area contributed by atoms with Crippen molar-refractivity contribution in [3.05, 3.63) is 29.6 Å². The van der Waals surface area contributed by atoms with Crippen LogP contribution in [0.5, 0.6) is 5.75 Å². The van der Waals surface area contributed by atoms with Crippen molar-refractivity contribution in [2.75, 3.05) is 13.7 Å². The molecule has 1 aliphatic carbocycles. The lowest BCUT2D eigenvalue weighted by molar-refractivity contribution is -0.0679. The summed E-state index contributed by atoms with van der Waals surface area (Å²) >= 11 is 0. The molecule has 1 amide bonds. The number of aromatic hydroxyl groups is 1. The number of carbonyl (C=O) groups is 1. The average molecular weight is 253 g/mol. The summed E-state index contributed by atoms with van der Waals surface area (Å²) in [7, 11) is 1.60. The maximum absolute atomic E-state index is 13.4. The van der Waals surface area contributed by atoms with Crippen molar-refractivity contribution in [1.82, 2.24) is 5.32 Å². The van der Waals surface area contributed by atoms with Gasteiger partial charge in [0.05, 0.1) is 5.60 Å². The third-order valence-corrected chi connectivity index (χ3v) is 3.49. The first kappa shape index (κ1) is 12.8. The van der Waals surface area contributed by atoms with Gasteiger partial charge in [0.15, 0.2) is 0 Å². The predicted octanol–water partition coefficient (Wildman–Crippen LogP) is 1.83. The van der Waals surface area contributed by atoms with Crippen LogP contribution in [0.15, 0.2) is 18.2 Å². The first-order valence-corrected chi connectivity index (χ1v) is 5.89. The minimum atomic E-state index is -0.729. The lowest BCUT2D eigenvalue weighted by Crippen LogP contribution is -2.49. The number of methoxy groups -OCH3 is 1. The fourth-order valence-corrected chi connectivity index (χ4v) is 2.09. The molecule has 0 heterocycles. The molecule has 98 valence electrons. The van der Waals surface area contributed by atoms with Crippen LogP contribution in [0, 0.1) is 5.82 Å². The fraction of sp³-hybridized carbons (Fsp3) is 0.462. The Balaban J connectivity index is 2.04. The summed E-state index contributed by atoms with van der Waals surface area (Å²) in [6.45, 7) is 0.329. The number of phenols is 1. The van der Waals surface area contributed by atoms with Crippen LogP contribution in [0.3, 0.4) is 0 Å². The Morgan fingerprint density at radius 3 is 2.78 bits per heavy atom. The molecule has 1 aliphatic rings. The highest BCUT2D eigenvalue weighted by atomic mass is 19.1. The van der Waals surface area contributed by atoms with Crippen molar-refractivity contribution in [2.24, 2.45) is 0 Å². The summed E-state index contributed by atoms with van der Waals surface area (Å²) in [5, 5.41) is 12.1. The van der Waals surface area contributed by atoms with Crippen molar-refractivity contribution in [1.29, 1.82) is 0 Å². The van der Waals surface area contributed by atoms with Gasteiger partial charge in [-0.1, -0.05) is 6.07 Å². The molecular weight excluding hydrogens is 237 g/mol. The van der Waals surface area contributed by atoms with E-state index in [2.05, 4.69) is 5.32 Å². The van der Waals surface area contributed by atoms with Crippen molar-refractivity contribution < 1.29 is 19.0 Å². The third-order valence-electron chi connectivity index (χ3n) is 3.49. The first-order valence-electron chi connectivity index (χ1n) is 5.89. The fourth-order valence-electron chi connectivity index (χ4n) is 2.09. The third kappa shape index (κ3) is 2.31. The minimum absolute atomic E-state index is 0.317. The molecule has 0 saturated heterocycles. The number of benzene rings is 1. The molecule has 0 aromatic heterocycles. The van der Waals surface area contributed by atoms with Gasteiger partial charge in [-0.25, -0.2) is 4.39 Å². The maximum Gasteiger partial charge on any atom is 0.258 e. The highest BCUT2D eigenvalue weighted by Gasteiger charge is 2.37. The summed E-state index contributed by atoms with van der Waals surface area (Å²) in [4.78, 5) is 11.8. The summed E-state index contributed by atoms with van der Waals surface area (Å²) in [5.41, 5.74) is -0.639. The number of carbonyl (C=O) groups excluding carboxylic acids is 1. The molecule has 1 fully saturated rings. The topological polar surface area (TPSA) is 58.6 Å². The molecular formula is C13H16FNO3. The molecule has 0 atom stereocenters. The van der Waals surface area contributed by atoms with Gasteiger partial charge in [0.1, 0.15) is 17.1 Å². The summed E-state index contributed by atoms with van der Waals surface area (Å²) < 4.78 is 18.8. The van der Waals surface area contributed by atoms with E-state index in [0.717, 1.165) is 25.3 Å². The molecule has 0 radical (unpaired) electrons. The predicted molar refractivity (Wildman–Crippen MR) is 64.0 cm³/mol. The lowest BCUT2D eigenvalue weighted by Gasteiger charge is -2.40. The van der Waals surface area contributed by atoms with Crippen LogP contribution < -0.4 is 5.32 Å². The molecule has 0 bridgehead atoms. The largest absolute Gasteiger partial charge is 0.507 e. The van der Waals surface area contributed by atoms with Crippen LogP contribution in [-0.4, -0.2) is 30.3 Å². The lowest BCUT2D eigenvalue weighted by atomic mass is 9.80. The second kappa shape index (κ2) is 4.94. The van der Waals surface area contributed by atoms with E-state index in [0.29, 0.717) is 6.54 Å². The van der Waals surface area contributed by atoms with Gasteiger partial charge in [-0.3, -0.25) is 4.79 Å². The van der Waals surface area contributed by atoms with E-state index in [1.54, 1.807) is 7.11 Å². The summed E-state index contributed by atoms with van der Waals surface area (Å²) in [6, 6.07) is 3.78. The second-order valence-electron chi connectivity index (χ2n) is 4.56. The summed E-state index contributed by atoms with van der Waals surface area (Å²) in [5.74, 6) is -1.70. The molecule has 5 heteroatoms. The standard InChI is InChI=1S/C13H16FNO3/c1-18-13(6-3-7-13)8-15-12(17)11-9(14)4-2-5-10(11)16/h2,4-5,16H,3,6-8H2,1H3,(H,15,17). The first-order chi connectivity index (χ1) is 8.58. The molecule has 0 spiro atoms. The molecule has 4 nitrogen and oxygen atoms in total. The number of amides is 1. The number of rotatable bonds is 4. The van der Waals surface area contributed by atoms with Gasteiger partial charge in [-0.15, -0.1) is 0 Å². The SMILES string of the molecule is COC1(CNC(=O)c2c(O)cccc2F)CCC1. The van der Waals surface area contributed by atoms with Crippen molar-refractivity contribution in [2.45, 2.75) is 24.9 Å². The maximum atomic E-state index is 13.4. The Morgan fingerprint density at radius 1 is 1.56 bits per heavy atom. The normalized spacial score (nSPS) is 17.0. The molecule has 18 heavy (non-hydrogen) atoms. The zero-order valence-electron chi connectivity index (χ0n) is 10.2.